The number of carboxylic acids is 1. The molecule has 20 heavy (non-hydrogen) atoms. The number of aliphatic carboxylic acids is 1. The van der Waals surface area contributed by atoms with Gasteiger partial charge in [-0.05, 0) is 38.2 Å². The molecule has 2 N–H and O–H groups in total. The zero-order valence-electron chi connectivity index (χ0n) is 11.8. The normalized spacial score (nSPS) is 37.9. The zero-order chi connectivity index (χ0) is 14.8. The fourth-order valence-electron chi connectivity index (χ4n) is 3.64. The van der Waals surface area contributed by atoms with Crippen molar-refractivity contribution in [1.82, 2.24) is 0 Å². The number of hydrogen-bond acceptors (Lipinski definition) is 3. The zero-order valence-corrected chi connectivity index (χ0v) is 11.8. The summed E-state index contributed by atoms with van der Waals surface area (Å²) in [5, 5.41) is 18.7. The Hall–Kier alpha value is -1.31. The van der Waals surface area contributed by atoms with Crippen LogP contribution in [-0.2, 0) is 9.53 Å². The van der Waals surface area contributed by atoms with Crippen molar-refractivity contribution in [2.45, 2.75) is 50.7 Å². The van der Waals surface area contributed by atoms with E-state index in [2.05, 4.69) is 5.92 Å². The smallest absolute Gasteiger partial charge is 0.303 e. The molecule has 110 valence electrons. The van der Waals surface area contributed by atoms with Crippen molar-refractivity contribution in [3.05, 3.63) is 11.6 Å². The summed E-state index contributed by atoms with van der Waals surface area (Å²) in [5.74, 6) is 1.92. The third kappa shape index (κ3) is 2.48. The second-order valence-corrected chi connectivity index (χ2v) is 5.59. The minimum absolute atomic E-state index is 0.136. The molecular formula is C16H22O4. The Kier molecular flexibility index (Phi) is 4.52. The van der Waals surface area contributed by atoms with Crippen molar-refractivity contribution in [3.63, 3.8) is 0 Å². The number of aliphatic hydroxyl groups is 1. The Bertz CT molecular complexity index is 448. The molecule has 4 atom stereocenters. The molecule has 0 heterocycles. The number of carbonyl (C=O) groups is 1. The molecule has 2 saturated carbocycles. The standard InChI is InChI=1S/C16H22O4/c1-3-12-13-10-11(6-5-7-15(18)19)16(13,20-4-2)9-8-14(12)17/h1,6,12-14,17H,4-5,7-10H2,2H3,(H,18,19). The third-order valence-electron chi connectivity index (χ3n) is 4.59. The summed E-state index contributed by atoms with van der Waals surface area (Å²) in [5.41, 5.74) is 0.807. The second-order valence-electron chi connectivity index (χ2n) is 5.59. The molecule has 2 aliphatic carbocycles. The molecule has 4 heteroatoms. The Morgan fingerprint density at radius 3 is 3.00 bits per heavy atom. The molecular weight excluding hydrogens is 256 g/mol. The van der Waals surface area contributed by atoms with Crippen LogP contribution in [-0.4, -0.2) is 34.5 Å². The molecule has 0 aromatic rings. The van der Waals surface area contributed by atoms with E-state index in [0.29, 0.717) is 19.4 Å². The Labute approximate surface area is 119 Å². The van der Waals surface area contributed by atoms with Gasteiger partial charge in [-0.2, -0.15) is 0 Å². The van der Waals surface area contributed by atoms with E-state index in [1.807, 2.05) is 13.0 Å². The highest BCUT2D eigenvalue weighted by atomic mass is 16.5. The van der Waals surface area contributed by atoms with Crippen LogP contribution >= 0.6 is 0 Å². The number of aliphatic hydroxyl groups excluding tert-OH is 1. The van der Waals surface area contributed by atoms with Crippen LogP contribution in [0.4, 0.5) is 0 Å². The van der Waals surface area contributed by atoms with Gasteiger partial charge in [-0.1, -0.05) is 6.08 Å². The fraction of sp³-hybridized carbons (Fsp3) is 0.688. The fourth-order valence-corrected chi connectivity index (χ4v) is 3.64. The number of carboxylic acid groups (broad SMARTS) is 1. The first-order chi connectivity index (χ1) is 9.55. The number of fused-ring (bicyclic) bond motifs is 1. The van der Waals surface area contributed by atoms with Gasteiger partial charge < -0.3 is 14.9 Å². The average molecular weight is 278 g/mol. The largest absolute Gasteiger partial charge is 0.481 e. The van der Waals surface area contributed by atoms with Crippen molar-refractivity contribution in [1.29, 1.82) is 0 Å². The maximum atomic E-state index is 10.6. The lowest BCUT2D eigenvalue weighted by Crippen LogP contribution is -2.60. The van der Waals surface area contributed by atoms with Crippen LogP contribution in [0.1, 0.15) is 39.0 Å². The molecule has 0 aromatic heterocycles. The van der Waals surface area contributed by atoms with E-state index < -0.39 is 12.1 Å². The predicted octanol–water partition coefficient (Wildman–Crippen LogP) is 1.98. The van der Waals surface area contributed by atoms with Crippen LogP contribution in [0.15, 0.2) is 11.6 Å². The summed E-state index contributed by atoms with van der Waals surface area (Å²) in [7, 11) is 0. The Morgan fingerprint density at radius 1 is 1.65 bits per heavy atom. The van der Waals surface area contributed by atoms with Crippen LogP contribution in [0.3, 0.4) is 0 Å². The summed E-state index contributed by atoms with van der Waals surface area (Å²) in [6.07, 6.45) is 9.98. The van der Waals surface area contributed by atoms with Gasteiger partial charge in [0.15, 0.2) is 0 Å². The molecule has 0 bridgehead atoms. The van der Waals surface area contributed by atoms with E-state index in [1.165, 1.54) is 0 Å². The first-order valence-electron chi connectivity index (χ1n) is 7.24. The highest BCUT2D eigenvalue weighted by Crippen LogP contribution is 2.57. The van der Waals surface area contributed by atoms with Crippen molar-refractivity contribution >= 4 is 5.97 Å². The Morgan fingerprint density at radius 2 is 2.40 bits per heavy atom. The monoisotopic (exact) mass is 278 g/mol. The maximum Gasteiger partial charge on any atom is 0.303 e. The predicted molar refractivity (Wildman–Crippen MR) is 75.0 cm³/mol. The summed E-state index contributed by atoms with van der Waals surface area (Å²) in [6.45, 7) is 2.55. The summed E-state index contributed by atoms with van der Waals surface area (Å²) in [4.78, 5) is 10.6. The van der Waals surface area contributed by atoms with Crippen LogP contribution < -0.4 is 0 Å². The maximum absolute atomic E-state index is 10.6. The minimum Gasteiger partial charge on any atom is -0.481 e. The van der Waals surface area contributed by atoms with Gasteiger partial charge in [-0.3, -0.25) is 4.79 Å². The third-order valence-corrected chi connectivity index (χ3v) is 4.59. The molecule has 0 aliphatic heterocycles. The van der Waals surface area contributed by atoms with Gasteiger partial charge in [-0.25, -0.2) is 0 Å². The van der Waals surface area contributed by atoms with Crippen LogP contribution in [0.5, 0.6) is 0 Å². The number of ether oxygens (including phenoxy) is 1. The first kappa shape index (κ1) is 15.1. The molecule has 4 unspecified atom stereocenters. The van der Waals surface area contributed by atoms with Crippen LogP contribution in [0, 0.1) is 24.2 Å². The van der Waals surface area contributed by atoms with Crippen molar-refractivity contribution < 1.29 is 19.7 Å². The van der Waals surface area contributed by atoms with Gasteiger partial charge in [0.1, 0.15) is 0 Å². The Balaban J connectivity index is 2.15. The van der Waals surface area contributed by atoms with Crippen LogP contribution in [0.25, 0.3) is 0 Å². The summed E-state index contributed by atoms with van der Waals surface area (Å²) in [6, 6.07) is 0. The SMILES string of the molecule is C#CC1C(O)CCC2(OCC)C(=CCCC(=O)O)CC12. The topological polar surface area (TPSA) is 66.8 Å². The van der Waals surface area contributed by atoms with E-state index in [0.717, 1.165) is 18.4 Å². The number of rotatable bonds is 5. The van der Waals surface area contributed by atoms with E-state index in [1.54, 1.807) is 0 Å². The highest BCUT2D eigenvalue weighted by Gasteiger charge is 2.58. The molecule has 4 nitrogen and oxygen atoms in total. The molecule has 0 saturated heterocycles. The van der Waals surface area contributed by atoms with Crippen molar-refractivity contribution in [3.8, 4) is 12.3 Å². The lowest BCUT2D eigenvalue weighted by Gasteiger charge is -2.57. The molecule has 0 radical (unpaired) electrons. The molecule has 2 aliphatic rings. The van der Waals surface area contributed by atoms with Gasteiger partial charge in [0.05, 0.1) is 17.6 Å². The second kappa shape index (κ2) is 5.99. The lowest BCUT2D eigenvalue weighted by atomic mass is 9.53. The van der Waals surface area contributed by atoms with Crippen LogP contribution in [0.2, 0.25) is 0 Å². The lowest BCUT2D eigenvalue weighted by molar-refractivity contribution is -0.153. The molecule has 0 spiro atoms. The van der Waals surface area contributed by atoms with Gasteiger partial charge in [-0.15, -0.1) is 12.3 Å². The van der Waals surface area contributed by atoms with E-state index in [-0.39, 0.29) is 23.9 Å². The van der Waals surface area contributed by atoms with Gasteiger partial charge in [0.2, 0.25) is 0 Å². The van der Waals surface area contributed by atoms with Gasteiger partial charge in [0, 0.05) is 18.9 Å². The molecule has 2 rings (SSSR count). The van der Waals surface area contributed by atoms with Crippen molar-refractivity contribution in [2.75, 3.05) is 6.61 Å². The van der Waals surface area contributed by atoms with E-state index in [4.69, 9.17) is 16.3 Å². The van der Waals surface area contributed by atoms with Gasteiger partial charge >= 0.3 is 5.97 Å². The number of terminal acetylenes is 1. The van der Waals surface area contributed by atoms with Crippen molar-refractivity contribution in [2.24, 2.45) is 11.8 Å². The quantitative estimate of drug-likeness (QED) is 0.596. The summed E-state index contributed by atoms with van der Waals surface area (Å²) < 4.78 is 6.00. The van der Waals surface area contributed by atoms with Gasteiger partial charge in [0.25, 0.3) is 0 Å². The molecule has 2 fully saturated rings. The first-order valence-corrected chi connectivity index (χ1v) is 7.24. The average Bonchev–Trinajstić information content (AvgIpc) is 2.39. The molecule has 0 aromatic carbocycles. The van der Waals surface area contributed by atoms with E-state index in [9.17, 15) is 9.90 Å². The summed E-state index contributed by atoms with van der Waals surface area (Å²) >= 11 is 0. The molecule has 0 amide bonds. The highest BCUT2D eigenvalue weighted by molar-refractivity contribution is 5.66. The number of hydrogen-bond donors (Lipinski definition) is 2. The number of allylic oxidation sites excluding steroid dienone is 1. The minimum atomic E-state index is -0.788. The van der Waals surface area contributed by atoms with E-state index >= 15 is 0 Å².